The van der Waals surface area contributed by atoms with Crippen LogP contribution < -0.4 is 10.2 Å². The molecule has 0 bridgehead atoms. The number of aryl methyl sites for hydroxylation is 1. The van der Waals surface area contributed by atoms with Gasteiger partial charge >= 0.3 is 0 Å². The predicted molar refractivity (Wildman–Crippen MR) is 134 cm³/mol. The Kier molecular flexibility index (Phi) is 6.70. The minimum atomic E-state index is -0.423. The Balaban J connectivity index is 1.65. The van der Waals surface area contributed by atoms with Crippen molar-refractivity contribution in [3.63, 3.8) is 0 Å². The lowest BCUT2D eigenvalue weighted by Crippen LogP contribution is -2.28. The zero-order valence-electron chi connectivity index (χ0n) is 19.0. The van der Waals surface area contributed by atoms with Crippen molar-refractivity contribution < 1.29 is 14.5 Å². The van der Waals surface area contributed by atoms with Gasteiger partial charge in [0.2, 0.25) is 5.91 Å². The summed E-state index contributed by atoms with van der Waals surface area (Å²) in [6, 6.07) is 10.4. The van der Waals surface area contributed by atoms with E-state index >= 15 is 0 Å². The molecular weight excluding hydrogens is 456 g/mol. The summed E-state index contributed by atoms with van der Waals surface area (Å²) in [5, 5.41) is 15.9. The van der Waals surface area contributed by atoms with Crippen molar-refractivity contribution in [2.75, 3.05) is 22.6 Å². The molecular formula is C25H25ClN4O4. The van der Waals surface area contributed by atoms with Crippen molar-refractivity contribution in [2.45, 2.75) is 25.7 Å². The molecule has 1 aliphatic heterocycles. The second kappa shape index (κ2) is 9.69. The van der Waals surface area contributed by atoms with Gasteiger partial charge < -0.3 is 14.8 Å². The molecule has 2 aromatic carbocycles. The molecule has 0 saturated heterocycles. The minimum Gasteiger partial charge on any atom is -0.349 e. The molecule has 9 heteroatoms. The first kappa shape index (κ1) is 23.5. The number of hydrogen-bond donors (Lipinski definition) is 1. The number of alkyl halides is 1. The Labute approximate surface area is 201 Å². The maximum Gasteiger partial charge on any atom is 0.279 e. The van der Waals surface area contributed by atoms with Crippen LogP contribution in [0.3, 0.4) is 0 Å². The van der Waals surface area contributed by atoms with Crippen LogP contribution in [0.1, 0.15) is 36.9 Å². The molecule has 0 radical (unpaired) electrons. The van der Waals surface area contributed by atoms with Crippen LogP contribution in [0.4, 0.5) is 17.1 Å². The van der Waals surface area contributed by atoms with Crippen LogP contribution in [-0.4, -0.2) is 33.7 Å². The number of nitrogens with zero attached hydrogens (tertiary/aromatic N) is 3. The summed E-state index contributed by atoms with van der Waals surface area (Å²) in [7, 11) is 1.82. The van der Waals surface area contributed by atoms with Crippen molar-refractivity contribution in [3.05, 3.63) is 70.0 Å². The number of benzene rings is 2. The van der Waals surface area contributed by atoms with Crippen LogP contribution in [0.5, 0.6) is 0 Å². The highest BCUT2D eigenvalue weighted by Gasteiger charge is 2.35. The van der Waals surface area contributed by atoms with E-state index in [1.807, 2.05) is 30.7 Å². The molecule has 0 fully saturated rings. The van der Waals surface area contributed by atoms with Crippen LogP contribution in [0.25, 0.3) is 16.8 Å². The van der Waals surface area contributed by atoms with E-state index in [-0.39, 0.29) is 23.4 Å². The number of amides is 2. The Morgan fingerprint density at radius 1 is 1.26 bits per heavy atom. The number of nitro benzene ring substituents is 1. The molecule has 1 aromatic heterocycles. The third kappa shape index (κ3) is 4.41. The van der Waals surface area contributed by atoms with Crippen LogP contribution in [0.15, 0.2) is 48.7 Å². The van der Waals surface area contributed by atoms with Crippen molar-refractivity contribution in [2.24, 2.45) is 7.05 Å². The first-order valence-corrected chi connectivity index (χ1v) is 11.6. The van der Waals surface area contributed by atoms with Gasteiger partial charge in [0.1, 0.15) is 0 Å². The summed E-state index contributed by atoms with van der Waals surface area (Å²) in [4.78, 5) is 37.9. The zero-order chi connectivity index (χ0) is 24.4. The fourth-order valence-corrected chi connectivity index (χ4v) is 4.68. The molecule has 1 N–H and O–H groups in total. The number of hydrogen-bond acceptors (Lipinski definition) is 4. The van der Waals surface area contributed by atoms with Gasteiger partial charge in [-0.15, -0.1) is 11.6 Å². The van der Waals surface area contributed by atoms with Gasteiger partial charge in [-0.2, -0.15) is 0 Å². The van der Waals surface area contributed by atoms with E-state index in [0.29, 0.717) is 35.6 Å². The van der Waals surface area contributed by atoms with E-state index in [2.05, 4.69) is 5.32 Å². The smallest absolute Gasteiger partial charge is 0.279 e. The lowest BCUT2D eigenvalue weighted by atomic mass is 9.95. The average molecular weight is 481 g/mol. The van der Waals surface area contributed by atoms with Crippen molar-refractivity contribution >= 4 is 57.3 Å². The zero-order valence-corrected chi connectivity index (χ0v) is 19.7. The molecule has 1 aliphatic rings. The fraction of sp³-hybridized carbons (Fsp3) is 0.280. The number of fused-ring (bicyclic) bond motifs is 3. The van der Waals surface area contributed by atoms with Gasteiger partial charge in [0.05, 0.1) is 21.7 Å². The lowest BCUT2D eigenvalue weighted by Gasteiger charge is -2.16. The lowest BCUT2D eigenvalue weighted by molar-refractivity contribution is -0.383. The van der Waals surface area contributed by atoms with E-state index in [1.165, 1.54) is 12.1 Å². The Morgan fingerprint density at radius 2 is 2.00 bits per heavy atom. The molecule has 2 amide bonds. The second-order valence-corrected chi connectivity index (χ2v) is 8.64. The monoisotopic (exact) mass is 480 g/mol. The number of carbonyl (C=O) groups is 2. The molecule has 1 unspecified atom stereocenters. The maximum atomic E-state index is 13.2. The summed E-state index contributed by atoms with van der Waals surface area (Å²) in [6.07, 6.45) is 6.08. The number of nitrogens with one attached hydrogen (secondary N) is 1. The van der Waals surface area contributed by atoms with E-state index in [4.69, 9.17) is 11.6 Å². The van der Waals surface area contributed by atoms with Crippen molar-refractivity contribution in [1.29, 1.82) is 0 Å². The average Bonchev–Trinajstić information content (AvgIpc) is 3.36. The number of non-ortho nitro benzene ring substituents is 1. The Morgan fingerprint density at radius 3 is 2.68 bits per heavy atom. The number of halogens is 1. The Hall–Kier alpha value is -3.65. The Bertz CT molecular complexity index is 1310. The molecule has 1 atom stereocenters. The van der Waals surface area contributed by atoms with E-state index < -0.39 is 4.92 Å². The first-order chi connectivity index (χ1) is 16.3. The predicted octanol–water partition coefficient (Wildman–Crippen LogP) is 5.21. The highest BCUT2D eigenvalue weighted by molar-refractivity contribution is 6.19. The van der Waals surface area contributed by atoms with Gasteiger partial charge in [-0.1, -0.05) is 25.1 Å². The minimum absolute atomic E-state index is 0.0405. The molecule has 4 rings (SSSR count). The quantitative estimate of drug-likeness (QED) is 0.217. The molecule has 2 heterocycles. The van der Waals surface area contributed by atoms with E-state index in [0.717, 1.165) is 23.1 Å². The summed E-state index contributed by atoms with van der Waals surface area (Å²) in [5.74, 6) is -0.193. The van der Waals surface area contributed by atoms with Crippen LogP contribution in [0.2, 0.25) is 0 Å². The van der Waals surface area contributed by atoms with Gasteiger partial charge in [-0.05, 0) is 35.6 Å². The molecule has 8 nitrogen and oxygen atoms in total. The van der Waals surface area contributed by atoms with Crippen molar-refractivity contribution in [1.82, 2.24) is 4.57 Å². The second-order valence-electron chi connectivity index (χ2n) is 8.33. The summed E-state index contributed by atoms with van der Waals surface area (Å²) in [5.41, 5.74) is 2.73. The number of anilines is 2. The van der Waals surface area contributed by atoms with Gasteiger partial charge in [-0.25, -0.2) is 0 Å². The highest BCUT2D eigenvalue weighted by Crippen LogP contribution is 2.45. The SMILES string of the molecule is CCCC(=O)Nc1cc(/C=C/C(=O)N2CC(CCl)c3c2cc([N+](=O)[O-])c2ccccc32)n(C)c1. The molecule has 0 spiro atoms. The van der Waals surface area contributed by atoms with Gasteiger partial charge in [-0.3, -0.25) is 19.7 Å². The number of carbonyl (C=O) groups excluding carboxylic acids is 2. The van der Waals surface area contributed by atoms with Crippen LogP contribution >= 0.6 is 11.6 Å². The largest absolute Gasteiger partial charge is 0.349 e. The van der Waals surface area contributed by atoms with Crippen LogP contribution in [0, 0.1) is 10.1 Å². The molecule has 0 saturated carbocycles. The van der Waals surface area contributed by atoms with Gasteiger partial charge in [0, 0.05) is 55.8 Å². The first-order valence-electron chi connectivity index (χ1n) is 11.1. The normalized spacial score (nSPS) is 15.1. The maximum absolute atomic E-state index is 13.2. The molecule has 0 aliphatic carbocycles. The molecule has 34 heavy (non-hydrogen) atoms. The van der Waals surface area contributed by atoms with Gasteiger partial charge in [0.25, 0.3) is 11.6 Å². The third-order valence-electron chi connectivity index (χ3n) is 5.99. The van der Waals surface area contributed by atoms with E-state index in [9.17, 15) is 19.7 Å². The summed E-state index contributed by atoms with van der Waals surface area (Å²) >= 11 is 6.24. The molecule has 3 aromatic rings. The van der Waals surface area contributed by atoms with E-state index in [1.54, 1.807) is 35.4 Å². The number of rotatable bonds is 7. The summed E-state index contributed by atoms with van der Waals surface area (Å²) < 4.78 is 1.81. The third-order valence-corrected chi connectivity index (χ3v) is 6.37. The highest BCUT2D eigenvalue weighted by atomic mass is 35.5. The standard InChI is InChI=1S/C25H25ClN4O4/c1-3-6-23(31)27-17-11-18(28(2)15-17)9-10-24(32)29-14-16(13-26)25-20-8-5-4-7-19(20)21(30(33)34)12-22(25)29/h4-5,7-12,15-16H,3,6,13-14H2,1-2H3,(H,27,31)/b10-9+. The van der Waals surface area contributed by atoms with Crippen LogP contribution in [-0.2, 0) is 16.6 Å². The molecule has 176 valence electrons. The topological polar surface area (TPSA) is 97.5 Å². The van der Waals surface area contributed by atoms with Crippen molar-refractivity contribution in [3.8, 4) is 0 Å². The number of aromatic nitrogens is 1. The summed E-state index contributed by atoms with van der Waals surface area (Å²) in [6.45, 7) is 2.28. The number of nitro groups is 1. The van der Waals surface area contributed by atoms with Gasteiger partial charge in [0.15, 0.2) is 0 Å². The fourth-order valence-electron chi connectivity index (χ4n) is 4.43.